The van der Waals surface area contributed by atoms with Crippen LogP contribution in [0.2, 0.25) is 0 Å². The fraction of sp³-hybridized carbons (Fsp3) is 0.765. The van der Waals surface area contributed by atoms with Crippen LogP contribution in [0.25, 0.3) is 0 Å². The molecule has 0 bridgehead atoms. The van der Waals surface area contributed by atoms with E-state index in [0.29, 0.717) is 18.4 Å². The van der Waals surface area contributed by atoms with Crippen molar-refractivity contribution in [3.8, 4) is 11.8 Å². The maximum Gasteiger partial charge on any atom is 0.235 e. The summed E-state index contributed by atoms with van der Waals surface area (Å²) >= 11 is 0. The van der Waals surface area contributed by atoms with Gasteiger partial charge in [0.25, 0.3) is 0 Å². The Morgan fingerprint density at radius 2 is 1.96 bits per heavy atom. The first-order chi connectivity index (χ1) is 12.3. The van der Waals surface area contributed by atoms with Gasteiger partial charge in [-0.05, 0) is 12.8 Å². The first kappa shape index (κ1) is 18.3. The molecule has 0 saturated carbocycles. The lowest BCUT2D eigenvalue weighted by molar-refractivity contribution is 0.0319. The molecule has 2 aliphatic rings. The van der Waals surface area contributed by atoms with Gasteiger partial charge in [0.05, 0.1) is 25.6 Å². The van der Waals surface area contributed by atoms with Crippen molar-refractivity contribution in [2.75, 3.05) is 65.7 Å². The van der Waals surface area contributed by atoms with Crippen molar-refractivity contribution in [2.45, 2.75) is 18.9 Å². The number of ether oxygens (including phenoxy) is 3. The largest absolute Gasteiger partial charge is 0.475 e. The average Bonchev–Trinajstić information content (AvgIpc) is 3.08. The zero-order valence-electron chi connectivity index (χ0n) is 14.7. The molecule has 8 heteroatoms. The van der Waals surface area contributed by atoms with E-state index in [1.165, 1.54) is 0 Å². The summed E-state index contributed by atoms with van der Waals surface area (Å²) in [5.41, 5.74) is 0. The van der Waals surface area contributed by atoms with Crippen molar-refractivity contribution in [1.29, 1.82) is 0 Å². The van der Waals surface area contributed by atoms with E-state index in [1.54, 1.807) is 12.4 Å². The van der Waals surface area contributed by atoms with E-state index in [-0.39, 0.29) is 12.7 Å². The van der Waals surface area contributed by atoms with E-state index in [9.17, 15) is 0 Å². The molecule has 1 atom stereocenters. The van der Waals surface area contributed by atoms with Crippen LogP contribution in [-0.2, 0) is 4.74 Å². The molecule has 0 spiro atoms. The molecule has 0 aliphatic carbocycles. The molecule has 3 heterocycles. The second-order valence-corrected chi connectivity index (χ2v) is 6.40. The van der Waals surface area contributed by atoms with Crippen LogP contribution in [0.5, 0.6) is 11.8 Å². The molecule has 1 N–H and O–H groups in total. The van der Waals surface area contributed by atoms with Crippen molar-refractivity contribution in [2.24, 2.45) is 0 Å². The molecule has 140 valence electrons. The van der Waals surface area contributed by atoms with Crippen molar-refractivity contribution in [3.05, 3.63) is 12.4 Å². The Balaban J connectivity index is 1.40. The summed E-state index contributed by atoms with van der Waals surface area (Å²) in [6.07, 6.45) is 5.14. The van der Waals surface area contributed by atoms with Crippen LogP contribution in [0.3, 0.4) is 0 Å². The summed E-state index contributed by atoms with van der Waals surface area (Å²) in [4.78, 5) is 13.2. The van der Waals surface area contributed by atoms with Crippen LogP contribution in [-0.4, -0.2) is 96.7 Å². The van der Waals surface area contributed by atoms with E-state index in [2.05, 4.69) is 19.8 Å². The van der Waals surface area contributed by atoms with Gasteiger partial charge in [0.2, 0.25) is 11.8 Å². The number of likely N-dealkylation sites (tertiary alicyclic amines) is 1. The minimum absolute atomic E-state index is 0.122. The Kier molecular flexibility index (Phi) is 7.22. The third-order valence-corrected chi connectivity index (χ3v) is 4.50. The van der Waals surface area contributed by atoms with E-state index in [1.807, 2.05) is 0 Å². The fourth-order valence-corrected chi connectivity index (χ4v) is 3.12. The number of nitrogens with zero attached hydrogens (tertiary/aromatic N) is 4. The summed E-state index contributed by atoms with van der Waals surface area (Å²) in [5, 5.41) is 8.91. The van der Waals surface area contributed by atoms with E-state index < -0.39 is 0 Å². The summed E-state index contributed by atoms with van der Waals surface area (Å²) in [6, 6.07) is 0. The van der Waals surface area contributed by atoms with Gasteiger partial charge in [0.1, 0.15) is 12.7 Å². The van der Waals surface area contributed by atoms with Gasteiger partial charge in [-0.2, -0.15) is 4.98 Å². The predicted octanol–water partition coefficient (Wildman–Crippen LogP) is 0.0231. The molecule has 8 nitrogen and oxygen atoms in total. The van der Waals surface area contributed by atoms with Crippen molar-refractivity contribution in [3.63, 3.8) is 0 Å². The number of hydrogen-bond donors (Lipinski definition) is 1. The van der Waals surface area contributed by atoms with Crippen LogP contribution >= 0.6 is 0 Å². The highest BCUT2D eigenvalue weighted by Crippen LogP contribution is 2.18. The van der Waals surface area contributed by atoms with Crippen molar-refractivity contribution >= 4 is 0 Å². The minimum atomic E-state index is 0.122. The van der Waals surface area contributed by atoms with E-state index >= 15 is 0 Å². The van der Waals surface area contributed by atoms with Crippen LogP contribution in [0, 0.1) is 0 Å². The van der Waals surface area contributed by atoms with Gasteiger partial charge in [0.15, 0.2) is 0 Å². The highest BCUT2D eigenvalue weighted by molar-refractivity contribution is 5.13. The molecule has 25 heavy (non-hydrogen) atoms. The quantitative estimate of drug-likeness (QED) is 0.666. The molecule has 2 aliphatic heterocycles. The van der Waals surface area contributed by atoms with Gasteiger partial charge in [-0.3, -0.25) is 14.8 Å². The lowest BCUT2D eigenvalue weighted by Crippen LogP contribution is -2.38. The third kappa shape index (κ3) is 6.07. The first-order valence-corrected chi connectivity index (χ1v) is 9.08. The Hall–Kier alpha value is -1.48. The number of rotatable bonds is 9. The standard InChI is InChI=1S/C17H28N4O4/c22-8-1-3-21-4-2-15(14-21)25-17-13-18-12-16(19-17)24-11-7-20-5-9-23-10-6-20/h12-13,15,22H,1-11,14H2. The Morgan fingerprint density at radius 1 is 1.12 bits per heavy atom. The van der Waals surface area contributed by atoms with Gasteiger partial charge in [-0.1, -0.05) is 0 Å². The minimum Gasteiger partial charge on any atom is -0.475 e. The first-order valence-electron chi connectivity index (χ1n) is 9.08. The molecular weight excluding hydrogens is 324 g/mol. The summed E-state index contributed by atoms with van der Waals surface area (Å²) in [6.45, 7) is 7.93. The Labute approximate surface area is 148 Å². The molecule has 0 aromatic carbocycles. The molecule has 2 fully saturated rings. The number of aromatic nitrogens is 2. The maximum absolute atomic E-state index is 8.91. The lowest BCUT2D eigenvalue weighted by atomic mass is 10.3. The zero-order chi connectivity index (χ0) is 17.3. The van der Waals surface area contributed by atoms with Gasteiger partial charge in [0, 0.05) is 45.9 Å². The average molecular weight is 352 g/mol. The maximum atomic E-state index is 8.91. The van der Waals surface area contributed by atoms with E-state index in [0.717, 1.165) is 65.3 Å². The topological polar surface area (TPSA) is 80.2 Å². The summed E-state index contributed by atoms with van der Waals surface area (Å²) in [7, 11) is 0. The lowest BCUT2D eigenvalue weighted by Gasteiger charge is -2.26. The molecule has 0 radical (unpaired) electrons. The Morgan fingerprint density at radius 3 is 2.80 bits per heavy atom. The number of hydrogen-bond acceptors (Lipinski definition) is 8. The molecule has 3 rings (SSSR count). The Bertz CT molecular complexity index is 513. The molecule has 2 saturated heterocycles. The van der Waals surface area contributed by atoms with Gasteiger partial charge in [-0.25, -0.2) is 0 Å². The zero-order valence-corrected chi connectivity index (χ0v) is 14.7. The van der Waals surface area contributed by atoms with Gasteiger partial charge >= 0.3 is 0 Å². The molecule has 1 aromatic rings. The highest BCUT2D eigenvalue weighted by atomic mass is 16.5. The second-order valence-electron chi connectivity index (χ2n) is 6.40. The van der Waals surface area contributed by atoms with Gasteiger partial charge < -0.3 is 19.3 Å². The van der Waals surface area contributed by atoms with Crippen LogP contribution in [0.15, 0.2) is 12.4 Å². The smallest absolute Gasteiger partial charge is 0.235 e. The predicted molar refractivity (Wildman–Crippen MR) is 92.0 cm³/mol. The second kappa shape index (κ2) is 9.86. The molecule has 0 amide bonds. The number of aliphatic hydroxyl groups excluding tert-OH is 1. The number of aliphatic hydroxyl groups is 1. The number of morpholine rings is 1. The van der Waals surface area contributed by atoms with Crippen LogP contribution in [0.4, 0.5) is 0 Å². The van der Waals surface area contributed by atoms with Crippen molar-refractivity contribution < 1.29 is 19.3 Å². The van der Waals surface area contributed by atoms with Crippen LogP contribution in [0.1, 0.15) is 12.8 Å². The SMILES string of the molecule is OCCCN1CCC(Oc2cncc(OCCN3CCOCC3)n2)C1. The monoisotopic (exact) mass is 352 g/mol. The van der Waals surface area contributed by atoms with Crippen molar-refractivity contribution in [1.82, 2.24) is 19.8 Å². The third-order valence-electron chi connectivity index (χ3n) is 4.50. The normalized spacial score (nSPS) is 22.2. The molecule has 1 aromatic heterocycles. The molecular formula is C17H28N4O4. The van der Waals surface area contributed by atoms with Crippen LogP contribution < -0.4 is 9.47 Å². The van der Waals surface area contributed by atoms with E-state index in [4.69, 9.17) is 19.3 Å². The fourth-order valence-electron chi connectivity index (χ4n) is 3.12. The summed E-state index contributed by atoms with van der Waals surface area (Å²) < 4.78 is 17.0. The van der Waals surface area contributed by atoms with Gasteiger partial charge in [-0.15, -0.1) is 0 Å². The summed E-state index contributed by atoms with van der Waals surface area (Å²) in [5.74, 6) is 1.01. The molecule has 1 unspecified atom stereocenters. The highest BCUT2D eigenvalue weighted by Gasteiger charge is 2.24.